The largest absolute Gasteiger partial charge is 0.647 e. The van der Waals surface area contributed by atoms with E-state index in [1.807, 2.05) is 127 Å². The average molecular weight is 1640 g/mol. The number of phosphoric acid groups is 1. The monoisotopic (exact) mass is 1630 g/mol. The fraction of sp³-hybridized carbons (Fsp3) is 0. The van der Waals surface area contributed by atoms with Gasteiger partial charge >= 0.3 is 7.82 Å². The molecule has 0 saturated carbocycles. The third kappa shape index (κ3) is 18.4. The van der Waals surface area contributed by atoms with Crippen LogP contribution in [-0.4, -0.2) is 0 Å². The van der Waals surface area contributed by atoms with Crippen molar-refractivity contribution in [2.24, 2.45) is 0 Å². The van der Waals surface area contributed by atoms with Gasteiger partial charge in [0.1, 0.15) is 159 Å². The van der Waals surface area contributed by atoms with Gasteiger partial charge < -0.3 is 42.0 Å². The highest BCUT2D eigenvalue weighted by Gasteiger charge is 2.37. The van der Waals surface area contributed by atoms with Crippen LogP contribution in [0.4, 0.5) is 0 Å². The molecular weight excluding hydrogens is 1580 g/mol. The quantitative estimate of drug-likeness (QED) is 0.0507. The van der Waals surface area contributed by atoms with Crippen LogP contribution in [0.2, 0.25) is 0 Å². The number of hydrogen-bond acceptors (Lipinski definition) is 22. The highest BCUT2D eigenvalue weighted by atomic mass is 31.2. The molecule has 0 fully saturated rings. The Morgan fingerprint density at radius 1 is 0.160 bits per heavy atom. The summed E-state index contributed by atoms with van der Waals surface area (Å²) in [6, 6.07) is 109. The molecule has 0 aliphatic heterocycles. The second kappa shape index (κ2) is 36.4. The third-order valence-electron chi connectivity index (χ3n) is 19.4. The highest BCUT2D eigenvalue weighted by Crippen LogP contribution is 2.56. The number of nitrogens with zero attached hydrogens (tertiary/aromatic N) is 12. The molecule has 0 aliphatic carbocycles. The second-order valence-corrected chi connectivity index (χ2v) is 28.6. The van der Waals surface area contributed by atoms with E-state index in [2.05, 4.69) is 0 Å². The minimum absolute atomic E-state index is 0.0334. The van der Waals surface area contributed by atoms with E-state index in [9.17, 15) is 63.1 Å². The van der Waals surface area contributed by atoms with E-state index in [0.717, 1.165) is 0 Å². The summed E-state index contributed by atoms with van der Waals surface area (Å²) >= 11 is 0. The van der Waals surface area contributed by atoms with Gasteiger partial charge in [0.15, 0.2) is 0 Å². The van der Waals surface area contributed by atoms with Crippen molar-refractivity contribution in [1.82, 2.24) is 0 Å². The molecule has 0 heterocycles. The zero-order valence-electron chi connectivity index (χ0n) is 64.8. The number of nitriles is 12. The van der Waals surface area contributed by atoms with Gasteiger partial charge in [-0.1, -0.05) is 91.0 Å². The highest BCUT2D eigenvalue weighted by molar-refractivity contribution is 7.49. The molecule has 0 unspecified atom stereocenters. The minimum atomic E-state index is -5.34. The molecule has 0 N–H and O–H groups in total. The van der Waals surface area contributed by atoms with Crippen molar-refractivity contribution < 1.29 is 46.6 Å². The SMILES string of the molecule is N#Cc1ccc(Oc2ccc(-c3ccc(OP(=O)(Oc4ccc(-c5ccc(Oc6ccc(C#N)c(C#N)c6)cc5)cc4-c4ccc(Oc5ccc(C#N)c(C#N)c5)cc4)Oc4ccc(-c5ccc(Oc6ccc(C#N)c(C#N)c6)cc5)cc4-c4ccc(Oc5ccc(C#N)c(C#N)c5)cc4)c(-c4ccc(Oc5ccc(C#N)c(C#N)c5)cc4)c3)cc2)cc1C#N. The molecule has 0 aromatic heterocycles. The molecule has 0 spiro atoms. The molecule has 0 aliphatic rings. The van der Waals surface area contributed by atoms with Gasteiger partial charge in [0.05, 0.1) is 66.8 Å². The first kappa shape index (κ1) is 80.8. The van der Waals surface area contributed by atoms with Crippen LogP contribution in [0, 0.1) is 136 Å². The summed E-state index contributed by atoms with van der Waals surface area (Å²) in [5.74, 6) is 3.90. The van der Waals surface area contributed by atoms with Gasteiger partial charge in [0.2, 0.25) is 0 Å². The van der Waals surface area contributed by atoms with Crippen LogP contribution in [0.5, 0.6) is 86.2 Å². The predicted octanol–water partition coefficient (Wildman–Crippen LogP) is 24.5. The van der Waals surface area contributed by atoms with E-state index in [0.29, 0.717) is 119 Å². The normalized spacial score (nSPS) is 10.3. The number of rotatable bonds is 24. The lowest BCUT2D eigenvalue weighted by molar-refractivity contribution is 0.299. The summed E-state index contributed by atoms with van der Waals surface area (Å²) < 4.78 is 75.8. The molecule has 0 atom stereocenters. The number of benzene rings is 15. The number of hydrogen-bond donors (Lipinski definition) is 0. The Balaban J connectivity index is 0.878. The van der Waals surface area contributed by atoms with E-state index < -0.39 is 7.82 Å². The number of ether oxygens (including phenoxy) is 6. The molecule has 0 amide bonds. The Kier molecular flexibility index (Phi) is 23.5. The molecule has 15 aromatic rings. The molecular formula is C102H51N12O10P. The molecule has 0 bridgehead atoms. The fourth-order valence-electron chi connectivity index (χ4n) is 13.2. The summed E-state index contributed by atoms with van der Waals surface area (Å²) in [7, 11) is -5.34. The summed E-state index contributed by atoms with van der Waals surface area (Å²) in [4.78, 5) is 0. The lowest BCUT2D eigenvalue weighted by Crippen LogP contribution is -2.09. The maximum Gasteiger partial charge on any atom is 0.647 e. The van der Waals surface area contributed by atoms with Crippen LogP contribution in [0.25, 0.3) is 66.8 Å². The Bertz CT molecular complexity index is 6740. The first-order valence-electron chi connectivity index (χ1n) is 37.5. The third-order valence-corrected chi connectivity index (χ3v) is 20.7. The lowest BCUT2D eigenvalue weighted by atomic mass is 9.98. The van der Waals surface area contributed by atoms with E-state index in [4.69, 9.17) is 42.0 Å². The molecule has 584 valence electrons. The van der Waals surface area contributed by atoms with Crippen molar-refractivity contribution in [2.45, 2.75) is 0 Å². The van der Waals surface area contributed by atoms with Gasteiger partial charge in [-0.05, 0) is 268 Å². The Labute approximate surface area is 715 Å². The van der Waals surface area contributed by atoms with Crippen LogP contribution in [0.3, 0.4) is 0 Å². The Hall–Kier alpha value is -19.4. The second-order valence-electron chi connectivity index (χ2n) is 27.2. The smallest absolute Gasteiger partial charge is 0.457 e. The van der Waals surface area contributed by atoms with Crippen molar-refractivity contribution in [3.05, 3.63) is 376 Å². The van der Waals surface area contributed by atoms with E-state index in [1.165, 1.54) is 72.8 Å². The molecule has 125 heavy (non-hydrogen) atoms. The van der Waals surface area contributed by atoms with E-state index >= 15 is 4.57 Å². The van der Waals surface area contributed by atoms with Crippen molar-refractivity contribution >= 4 is 7.82 Å². The van der Waals surface area contributed by atoms with Crippen molar-refractivity contribution in [3.8, 4) is 226 Å². The maximum atomic E-state index is 17.4. The molecule has 0 radical (unpaired) electrons. The van der Waals surface area contributed by atoms with Crippen LogP contribution in [0.15, 0.2) is 309 Å². The Morgan fingerprint density at radius 2 is 0.312 bits per heavy atom. The van der Waals surface area contributed by atoms with Gasteiger partial charge in [-0.25, -0.2) is 0 Å². The fourth-order valence-corrected chi connectivity index (χ4v) is 14.5. The number of phosphoric ester groups is 1. The Morgan fingerprint density at radius 3 is 0.480 bits per heavy atom. The van der Waals surface area contributed by atoms with Gasteiger partial charge in [0, 0.05) is 16.7 Å². The van der Waals surface area contributed by atoms with E-state index in [-0.39, 0.29) is 101 Å². The molecule has 0 saturated heterocycles. The summed E-state index contributed by atoms with van der Waals surface area (Å²) in [5, 5.41) is 117. The van der Waals surface area contributed by atoms with Gasteiger partial charge in [-0.3, -0.25) is 0 Å². The molecule has 15 aromatic carbocycles. The zero-order chi connectivity index (χ0) is 86.9. The first-order chi connectivity index (χ1) is 61.1. The standard InChI is InChI=1S/C102H51N12O10P/c103-52-73-13-34-91(43-79(73)58-109)116-85-22-1-64(2-23-85)70-19-40-100(97(49-70)67-7-28-88(29-8-67)119-94-37-16-76(55-106)82(46-94)61-112)122-125(115,123-101-41-20-71(65-3-24-86(25-4-65)117-92-35-14-74(53-104)80(44-92)59-110)50-98(101)68-9-30-89(31-10-68)120-95-38-17-77(56-107)83(47-95)62-113)124-102-42-21-72(66-5-26-87(27-6-66)118-93-36-15-75(54-105)81(45-93)60-111)51-99(102)69-11-32-90(33-12-69)121-96-39-18-78(57-108)84(48-96)63-114/h1-51H. The maximum absolute atomic E-state index is 17.4. The van der Waals surface area contributed by atoms with Crippen LogP contribution < -0.4 is 42.0 Å². The van der Waals surface area contributed by atoms with Crippen molar-refractivity contribution in [3.63, 3.8) is 0 Å². The summed E-state index contributed by atoms with van der Waals surface area (Å²) in [6.07, 6.45) is 0. The van der Waals surface area contributed by atoms with Gasteiger partial charge in [-0.2, -0.15) is 67.7 Å². The lowest BCUT2D eigenvalue weighted by Gasteiger charge is -2.24. The molecule has 15 rings (SSSR count). The topological polar surface area (TPSA) is 386 Å². The first-order valence-corrected chi connectivity index (χ1v) is 39.0. The van der Waals surface area contributed by atoms with Crippen LogP contribution in [0.1, 0.15) is 66.8 Å². The average Bonchev–Trinajstić information content (AvgIpc) is 0.770. The predicted molar refractivity (Wildman–Crippen MR) is 457 cm³/mol. The van der Waals surface area contributed by atoms with Gasteiger partial charge in [-0.15, -0.1) is 0 Å². The summed E-state index contributed by atoms with van der Waals surface area (Å²) in [5.41, 5.74) is 8.17. The minimum Gasteiger partial charge on any atom is -0.457 e. The summed E-state index contributed by atoms with van der Waals surface area (Å²) in [6.45, 7) is 0. The van der Waals surface area contributed by atoms with Crippen molar-refractivity contribution in [2.75, 3.05) is 0 Å². The van der Waals surface area contributed by atoms with E-state index in [1.54, 1.807) is 182 Å². The zero-order valence-corrected chi connectivity index (χ0v) is 65.7. The van der Waals surface area contributed by atoms with Crippen molar-refractivity contribution in [1.29, 1.82) is 63.1 Å². The molecule has 23 heteroatoms. The molecule has 22 nitrogen and oxygen atoms in total. The van der Waals surface area contributed by atoms with Crippen LogP contribution in [-0.2, 0) is 4.57 Å². The van der Waals surface area contributed by atoms with Gasteiger partial charge in [0.25, 0.3) is 0 Å². The van der Waals surface area contributed by atoms with Crippen LogP contribution >= 0.6 is 7.82 Å².